The Hall–Kier alpha value is -1.35. The normalized spacial score (nSPS) is 26.4. The number of rotatable bonds is 6. The zero-order valence-corrected chi connectivity index (χ0v) is 17.2. The molecule has 1 aliphatic carbocycles. The smallest absolute Gasteiger partial charge is 0.311 e. The molecule has 1 aromatic rings. The summed E-state index contributed by atoms with van der Waals surface area (Å²) in [4.78, 5) is 12.7. The Balaban J connectivity index is 2.19. The topological polar surface area (TPSA) is 46.5 Å². The minimum atomic E-state index is -0.663. The molecule has 1 aliphatic rings. The van der Waals surface area contributed by atoms with Crippen molar-refractivity contribution in [1.29, 1.82) is 0 Å². The van der Waals surface area contributed by atoms with Crippen LogP contribution in [0.1, 0.15) is 66.4 Å². The predicted molar refractivity (Wildman–Crippen MR) is 106 cm³/mol. The quantitative estimate of drug-likeness (QED) is 0.729. The third kappa shape index (κ3) is 4.68. The van der Waals surface area contributed by atoms with Gasteiger partial charge in [0.25, 0.3) is 0 Å². The summed E-state index contributed by atoms with van der Waals surface area (Å²) in [6.45, 7) is 12.4. The van der Waals surface area contributed by atoms with Crippen molar-refractivity contribution in [3.8, 4) is 0 Å². The first-order chi connectivity index (χ1) is 12.1. The third-order valence-electron chi connectivity index (χ3n) is 6.33. The molecule has 3 nitrogen and oxygen atoms in total. The van der Waals surface area contributed by atoms with Crippen LogP contribution in [0.15, 0.2) is 30.3 Å². The van der Waals surface area contributed by atoms with Crippen LogP contribution in [0, 0.1) is 23.7 Å². The summed E-state index contributed by atoms with van der Waals surface area (Å²) >= 11 is 0. The van der Waals surface area contributed by atoms with Crippen molar-refractivity contribution in [1.82, 2.24) is 0 Å². The van der Waals surface area contributed by atoms with Crippen molar-refractivity contribution >= 4 is 5.97 Å². The SMILES string of the molecule is CC(C)[C@@H](O)[C@H](C)C(=O)O[C@@H]1C[C@H](C)CC[C@H]1C(C)(C)c1ccccc1. The Morgan fingerprint density at radius 3 is 2.35 bits per heavy atom. The van der Waals surface area contributed by atoms with E-state index in [1.807, 2.05) is 19.9 Å². The van der Waals surface area contributed by atoms with E-state index in [4.69, 9.17) is 4.74 Å². The minimum absolute atomic E-state index is 0.0411. The van der Waals surface area contributed by atoms with Gasteiger partial charge in [-0.1, -0.05) is 71.4 Å². The maximum atomic E-state index is 12.7. The highest BCUT2D eigenvalue weighted by Crippen LogP contribution is 2.43. The molecule has 1 N–H and O–H groups in total. The second kappa shape index (κ2) is 8.56. The van der Waals surface area contributed by atoms with Gasteiger partial charge in [0.2, 0.25) is 0 Å². The molecule has 0 bridgehead atoms. The second-order valence-electron chi connectivity index (χ2n) is 9.11. The van der Waals surface area contributed by atoms with E-state index in [2.05, 4.69) is 45.0 Å². The third-order valence-corrected chi connectivity index (χ3v) is 6.33. The van der Waals surface area contributed by atoms with Gasteiger partial charge >= 0.3 is 5.97 Å². The van der Waals surface area contributed by atoms with Gasteiger partial charge in [0.05, 0.1) is 12.0 Å². The fourth-order valence-corrected chi connectivity index (χ4v) is 4.34. The van der Waals surface area contributed by atoms with E-state index in [1.165, 1.54) is 12.0 Å². The number of hydrogen-bond donors (Lipinski definition) is 1. The summed E-state index contributed by atoms with van der Waals surface area (Å²) in [6, 6.07) is 10.5. The summed E-state index contributed by atoms with van der Waals surface area (Å²) < 4.78 is 6.02. The number of aliphatic hydroxyl groups excluding tert-OH is 1. The van der Waals surface area contributed by atoms with Crippen LogP contribution < -0.4 is 0 Å². The number of carbonyl (C=O) groups is 1. The van der Waals surface area contributed by atoms with E-state index >= 15 is 0 Å². The fraction of sp³-hybridized carbons (Fsp3) is 0.696. The molecule has 146 valence electrons. The van der Waals surface area contributed by atoms with Crippen LogP contribution in [0.4, 0.5) is 0 Å². The van der Waals surface area contributed by atoms with Gasteiger partial charge in [-0.25, -0.2) is 0 Å². The monoisotopic (exact) mass is 360 g/mol. The van der Waals surface area contributed by atoms with Gasteiger partial charge < -0.3 is 9.84 Å². The molecule has 0 aromatic heterocycles. The molecular formula is C23H36O3. The molecule has 3 heteroatoms. The molecule has 0 heterocycles. The van der Waals surface area contributed by atoms with Gasteiger partial charge in [-0.2, -0.15) is 0 Å². The maximum Gasteiger partial charge on any atom is 0.311 e. The molecule has 1 saturated carbocycles. The van der Waals surface area contributed by atoms with Crippen LogP contribution in [0.25, 0.3) is 0 Å². The summed E-state index contributed by atoms with van der Waals surface area (Å²) in [5.41, 5.74) is 1.22. The number of esters is 1. The maximum absolute atomic E-state index is 12.7. The predicted octanol–water partition coefficient (Wildman–Crippen LogP) is 4.97. The van der Waals surface area contributed by atoms with Crippen LogP contribution in [-0.2, 0) is 14.9 Å². The van der Waals surface area contributed by atoms with Crippen LogP contribution in [0.5, 0.6) is 0 Å². The van der Waals surface area contributed by atoms with Crippen LogP contribution in [0.2, 0.25) is 0 Å². The lowest BCUT2D eigenvalue weighted by Gasteiger charge is -2.44. The molecule has 0 radical (unpaired) electrons. The molecule has 1 fully saturated rings. The number of carbonyl (C=O) groups excluding carboxylic acids is 1. The van der Waals surface area contributed by atoms with Gasteiger partial charge in [0, 0.05) is 5.92 Å². The van der Waals surface area contributed by atoms with Gasteiger partial charge in [-0.3, -0.25) is 4.79 Å². The van der Waals surface area contributed by atoms with Crippen molar-refractivity contribution in [2.75, 3.05) is 0 Å². The molecule has 5 atom stereocenters. The van der Waals surface area contributed by atoms with E-state index in [-0.39, 0.29) is 29.3 Å². The van der Waals surface area contributed by atoms with Gasteiger partial charge in [0.15, 0.2) is 0 Å². The van der Waals surface area contributed by atoms with Gasteiger partial charge in [0.1, 0.15) is 6.10 Å². The van der Waals surface area contributed by atoms with Crippen molar-refractivity contribution in [3.05, 3.63) is 35.9 Å². The van der Waals surface area contributed by atoms with E-state index in [9.17, 15) is 9.90 Å². The first-order valence-corrected chi connectivity index (χ1v) is 10.1. The molecule has 26 heavy (non-hydrogen) atoms. The molecule has 1 aromatic carbocycles. The first kappa shape index (κ1) is 21.0. The Labute approximate surface area is 159 Å². The van der Waals surface area contributed by atoms with Gasteiger partial charge in [-0.05, 0) is 42.6 Å². The summed E-state index contributed by atoms with van der Waals surface area (Å²) in [5, 5.41) is 10.2. The lowest BCUT2D eigenvalue weighted by molar-refractivity contribution is -0.165. The lowest BCUT2D eigenvalue weighted by Crippen LogP contribution is -2.45. The van der Waals surface area contributed by atoms with E-state index in [0.717, 1.165) is 12.8 Å². The Morgan fingerprint density at radius 1 is 1.15 bits per heavy atom. The molecule has 0 amide bonds. The summed E-state index contributed by atoms with van der Waals surface area (Å²) in [6.07, 6.45) is 2.37. The van der Waals surface area contributed by atoms with Crippen molar-refractivity contribution < 1.29 is 14.6 Å². The van der Waals surface area contributed by atoms with Crippen LogP contribution in [0.3, 0.4) is 0 Å². The van der Waals surface area contributed by atoms with Crippen molar-refractivity contribution in [2.45, 2.75) is 78.4 Å². The average Bonchev–Trinajstić information content (AvgIpc) is 2.60. The zero-order valence-electron chi connectivity index (χ0n) is 17.2. The average molecular weight is 361 g/mol. The summed E-state index contributed by atoms with van der Waals surface area (Å²) in [7, 11) is 0. The largest absolute Gasteiger partial charge is 0.462 e. The van der Waals surface area contributed by atoms with Crippen molar-refractivity contribution in [2.24, 2.45) is 23.7 Å². The molecule has 0 aliphatic heterocycles. The van der Waals surface area contributed by atoms with Crippen LogP contribution >= 0.6 is 0 Å². The number of hydrogen-bond acceptors (Lipinski definition) is 3. The van der Waals surface area contributed by atoms with E-state index < -0.39 is 12.0 Å². The second-order valence-corrected chi connectivity index (χ2v) is 9.11. The highest BCUT2D eigenvalue weighted by atomic mass is 16.5. The fourth-order valence-electron chi connectivity index (χ4n) is 4.34. The standard InChI is InChI=1S/C23H36O3/c1-15(2)21(24)17(4)22(25)26-20-14-16(3)12-13-19(20)23(5,6)18-10-8-7-9-11-18/h7-11,15-17,19-21,24H,12-14H2,1-6H3/t16-,17+,19-,20-,21-/m1/s1. The zero-order chi connectivity index (χ0) is 19.5. The van der Waals surface area contributed by atoms with E-state index in [0.29, 0.717) is 5.92 Å². The Bertz CT molecular complexity index is 578. The number of aliphatic hydroxyl groups is 1. The molecule has 0 saturated heterocycles. The minimum Gasteiger partial charge on any atom is -0.462 e. The Morgan fingerprint density at radius 2 is 1.77 bits per heavy atom. The molecule has 2 rings (SSSR count). The van der Waals surface area contributed by atoms with E-state index in [1.54, 1.807) is 6.92 Å². The Kier molecular flexibility index (Phi) is 6.90. The van der Waals surface area contributed by atoms with Crippen LogP contribution in [-0.4, -0.2) is 23.3 Å². The highest BCUT2D eigenvalue weighted by molar-refractivity contribution is 5.73. The highest BCUT2D eigenvalue weighted by Gasteiger charge is 2.42. The van der Waals surface area contributed by atoms with Crippen molar-refractivity contribution in [3.63, 3.8) is 0 Å². The molecular weight excluding hydrogens is 324 g/mol. The van der Waals surface area contributed by atoms with Gasteiger partial charge in [-0.15, -0.1) is 0 Å². The summed E-state index contributed by atoms with van der Waals surface area (Å²) in [5.74, 6) is 0.126. The molecule has 0 spiro atoms. The number of ether oxygens (including phenoxy) is 1. The molecule has 0 unspecified atom stereocenters. The first-order valence-electron chi connectivity index (χ1n) is 10.1. The number of benzene rings is 1. The lowest BCUT2D eigenvalue weighted by atomic mass is 9.64.